The van der Waals surface area contributed by atoms with Crippen molar-refractivity contribution in [1.29, 1.82) is 0 Å². The van der Waals surface area contributed by atoms with Crippen molar-refractivity contribution in [2.45, 2.75) is 52.1 Å². The smallest absolute Gasteiger partial charge is 0.294 e. The van der Waals surface area contributed by atoms with E-state index < -0.39 is 23.8 Å². The molecule has 1 aromatic heterocycles. The van der Waals surface area contributed by atoms with Crippen molar-refractivity contribution in [3.63, 3.8) is 0 Å². The van der Waals surface area contributed by atoms with Gasteiger partial charge in [-0.15, -0.1) is 5.10 Å². The first-order valence-corrected chi connectivity index (χ1v) is 10.2. The Morgan fingerprint density at radius 1 is 1.06 bits per heavy atom. The average molecular weight is 428 g/mol. The Morgan fingerprint density at radius 3 is 2.35 bits per heavy atom. The van der Waals surface area contributed by atoms with Crippen molar-refractivity contribution in [2.24, 2.45) is 5.41 Å². The molecule has 162 valence electrons. The number of Topliss-reactive ketones (excluding diaryl/α,β-unsaturated/α-hetero) is 1. The van der Waals surface area contributed by atoms with Gasteiger partial charge in [0.25, 0.3) is 0 Å². The molecule has 0 N–H and O–H groups in total. The van der Waals surface area contributed by atoms with E-state index in [1.807, 2.05) is 37.3 Å². The van der Waals surface area contributed by atoms with Crippen molar-refractivity contribution in [3.05, 3.63) is 59.4 Å². The van der Waals surface area contributed by atoms with E-state index in [0.29, 0.717) is 11.5 Å². The molecule has 0 unspecified atom stereocenters. The van der Waals surface area contributed by atoms with Crippen LogP contribution in [0.3, 0.4) is 0 Å². The molecule has 31 heavy (non-hydrogen) atoms. The molecule has 0 bridgehead atoms. The van der Waals surface area contributed by atoms with Crippen LogP contribution in [0.2, 0.25) is 0 Å². The zero-order valence-electron chi connectivity index (χ0n) is 17.6. The number of halogens is 3. The van der Waals surface area contributed by atoms with Gasteiger partial charge >= 0.3 is 6.18 Å². The van der Waals surface area contributed by atoms with Crippen LogP contribution in [-0.2, 0) is 0 Å². The molecular weight excluding hydrogens is 405 g/mol. The van der Waals surface area contributed by atoms with Crippen LogP contribution in [-0.4, -0.2) is 32.2 Å². The molecule has 2 aromatic carbocycles. The molecule has 0 atom stereocenters. The topological polar surface area (TPSA) is 60.7 Å². The number of aromatic nitrogens is 4. The zero-order chi connectivity index (χ0) is 22.4. The first kappa shape index (κ1) is 21.2. The SMILES string of the molecule is Cc1ccc(-c2cc(C(=O)CC(C)(C)C(F)(F)F)cc(-n3nnnc3C3CC3)c2)cc1. The highest BCUT2D eigenvalue weighted by Crippen LogP contribution is 2.42. The molecule has 0 spiro atoms. The molecule has 1 aliphatic rings. The molecule has 8 heteroatoms. The van der Waals surface area contributed by atoms with Crippen LogP contribution in [0.25, 0.3) is 16.8 Å². The maximum absolute atomic E-state index is 13.4. The van der Waals surface area contributed by atoms with Gasteiger partial charge in [-0.1, -0.05) is 43.7 Å². The maximum atomic E-state index is 13.4. The predicted octanol–water partition coefficient (Wildman–Crippen LogP) is 5.68. The van der Waals surface area contributed by atoms with Crippen LogP contribution in [0.5, 0.6) is 0 Å². The number of hydrogen-bond acceptors (Lipinski definition) is 4. The van der Waals surface area contributed by atoms with Gasteiger partial charge in [0, 0.05) is 17.9 Å². The minimum absolute atomic E-state index is 0.211. The third-order valence-corrected chi connectivity index (χ3v) is 5.68. The molecule has 0 aliphatic heterocycles. The highest BCUT2D eigenvalue weighted by Gasteiger charge is 2.48. The number of benzene rings is 2. The Kier molecular flexibility index (Phi) is 5.19. The summed E-state index contributed by atoms with van der Waals surface area (Å²) in [6.45, 7) is 4.06. The van der Waals surface area contributed by atoms with Gasteiger partial charge in [0.2, 0.25) is 0 Å². The van der Waals surface area contributed by atoms with Crippen LogP contribution >= 0.6 is 0 Å². The highest BCUT2D eigenvalue weighted by molar-refractivity contribution is 5.98. The number of nitrogens with zero attached hydrogens (tertiary/aromatic N) is 4. The average Bonchev–Trinajstić information content (AvgIpc) is 3.43. The summed E-state index contributed by atoms with van der Waals surface area (Å²) in [4.78, 5) is 12.9. The van der Waals surface area contributed by atoms with Crippen LogP contribution in [0.15, 0.2) is 42.5 Å². The summed E-state index contributed by atoms with van der Waals surface area (Å²) in [5.41, 5.74) is 1.32. The van der Waals surface area contributed by atoms with Gasteiger partial charge in [-0.25, -0.2) is 0 Å². The maximum Gasteiger partial charge on any atom is 0.394 e. The fourth-order valence-corrected chi connectivity index (χ4v) is 3.38. The lowest BCUT2D eigenvalue weighted by molar-refractivity contribution is -0.209. The van der Waals surface area contributed by atoms with E-state index in [9.17, 15) is 18.0 Å². The summed E-state index contributed by atoms with van der Waals surface area (Å²) < 4.78 is 41.7. The molecule has 0 saturated heterocycles. The van der Waals surface area contributed by atoms with E-state index in [2.05, 4.69) is 15.5 Å². The van der Waals surface area contributed by atoms with E-state index in [4.69, 9.17) is 0 Å². The lowest BCUT2D eigenvalue weighted by Crippen LogP contribution is -2.34. The second kappa shape index (κ2) is 7.59. The standard InChI is InChI=1S/C23H23F3N4O/c1-14-4-6-15(7-5-14)17-10-18(20(31)13-22(2,3)23(24,25)26)12-19(11-17)30-21(16-8-9-16)27-28-29-30/h4-7,10-12,16H,8-9,13H2,1-3H3. The monoisotopic (exact) mass is 428 g/mol. The summed E-state index contributed by atoms with van der Waals surface area (Å²) in [5, 5.41) is 11.9. The van der Waals surface area contributed by atoms with E-state index >= 15 is 0 Å². The Balaban J connectivity index is 1.79. The first-order chi connectivity index (χ1) is 14.5. The van der Waals surface area contributed by atoms with E-state index in [0.717, 1.165) is 43.4 Å². The molecule has 0 amide bonds. The van der Waals surface area contributed by atoms with Gasteiger partial charge in [0.15, 0.2) is 11.6 Å². The fourth-order valence-electron chi connectivity index (χ4n) is 3.38. The molecule has 1 fully saturated rings. The number of carbonyl (C=O) groups is 1. The van der Waals surface area contributed by atoms with Gasteiger partial charge < -0.3 is 0 Å². The zero-order valence-corrected chi connectivity index (χ0v) is 17.6. The molecule has 0 radical (unpaired) electrons. The Labute approximate surface area is 178 Å². The molecule has 1 heterocycles. The second-order valence-electron chi connectivity index (χ2n) is 8.84. The number of tetrazole rings is 1. The Morgan fingerprint density at radius 2 is 1.74 bits per heavy atom. The summed E-state index contributed by atoms with van der Waals surface area (Å²) in [6.07, 6.45) is -3.14. The van der Waals surface area contributed by atoms with Gasteiger partial charge in [0.1, 0.15) is 0 Å². The Hall–Kier alpha value is -3.03. The normalized spacial score (nSPS) is 14.6. The van der Waals surface area contributed by atoms with Crippen molar-refractivity contribution >= 4 is 5.78 Å². The van der Waals surface area contributed by atoms with Crippen molar-refractivity contribution in [2.75, 3.05) is 0 Å². The van der Waals surface area contributed by atoms with E-state index in [1.54, 1.807) is 16.8 Å². The number of rotatable bonds is 6. The van der Waals surface area contributed by atoms with Gasteiger partial charge in [0.05, 0.1) is 11.1 Å². The number of hydrogen-bond donors (Lipinski definition) is 0. The molecular formula is C23H23F3N4O. The van der Waals surface area contributed by atoms with Crippen LogP contribution < -0.4 is 0 Å². The number of ketones is 1. The molecule has 1 aliphatic carbocycles. The quantitative estimate of drug-likeness (QED) is 0.474. The lowest BCUT2D eigenvalue weighted by atomic mass is 9.84. The van der Waals surface area contributed by atoms with Crippen molar-refractivity contribution in [1.82, 2.24) is 20.2 Å². The summed E-state index contributed by atoms with van der Waals surface area (Å²) in [6, 6.07) is 12.8. The molecule has 1 saturated carbocycles. The predicted molar refractivity (Wildman–Crippen MR) is 110 cm³/mol. The lowest BCUT2D eigenvalue weighted by Gasteiger charge is -2.27. The van der Waals surface area contributed by atoms with E-state index in [-0.39, 0.29) is 11.5 Å². The number of aryl methyl sites for hydroxylation is 1. The summed E-state index contributed by atoms with van der Waals surface area (Å²) >= 11 is 0. The Bertz CT molecular complexity index is 1110. The minimum Gasteiger partial charge on any atom is -0.294 e. The third kappa shape index (κ3) is 4.38. The van der Waals surface area contributed by atoms with Gasteiger partial charge in [-0.05, 0) is 59.5 Å². The van der Waals surface area contributed by atoms with Crippen LogP contribution in [0, 0.1) is 12.3 Å². The molecule has 5 nitrogen and oxygen atoms in total. The number of alkyl halides is 3. The third-order valence-electron chi connectivity index (χ3n) is 5.68. The summed E-state index contributed by atoms with van der Waals surface area (Å²) in [7, 11) is 0. The number of carbonyl (C=O) groups excluding carboxylic acids is 1. The van der Waals surface area contributed by atoms with Gasteiger partial charge in [-0.2, -0.15) is 17.9 Å². The minimum atomic E-state index is -4.48. The second-order valence-corrected chi connectivity index (χ2v) is 8.84. The van der Waals surface area contributed by atoms with Crippen molar-refractivity contribution in [3.8, 4) is 16.8 Å². The van der Waals surface area contributed by atoms with Crippen LogP contribution in [0.4, 0.5) is 13.2 Å². The highest BCUT2D eigenvalue weighted by atomic mass is 19.4. The summed E-state index contributed by atoms with van der Waals surface area (Å²) in [5.74, 6) is 0.398. The van der Waals surface area contributed by atoms with E-state index in [1.165, 1.54) is 0 Å². The largest absolute Gasteiger partial charge is 0.394 e. The molecule has 4 rings (SSSR count). The molecule has 3 aromatic rings. The van der Waals surface area contributed by atoms with Crippen molar-refractivity contribution < 1.29 is 18.0 Å². The van der Waals surface area contributed by atoms with Gasteiger partial charge in [-0.3, -0.25) is 4.79 Å². The first-order valence-electron chi connectivity index (χ1n) is 10.2. The van der Waals surface area contributed by atoms with Crippen LogP contribution in [0.1, 0.15) is 60.8 Å². The fraction of sp³-hybridized carbons (Fsp3) is 0.391.